The molecule has 0 N–H and O–H groups in total. The van der Waals surface area contributed by atoms with E-state index in [9.17, 15) is 9.59 Å². The van der Waals surface area contributed by atoms with Gasteiger partial charge in [-0.2, -0.15) is 0 Å². The molecule has 7 heteroatoms. The highest BCUT2D eigenvalue weighted by Gasteiger charge is 2.30. The van der Waals surface area contributed by atoms with E-state index in [1.165, 1.54) is 19.3 Å². The Morgan fingerprint density at radius 3 is 2.12 bits per heavy atom. The molecule has 2 amide bonds. The van der Waals surface area contributed by atoms with E-state index < -0.39 is 0 Å². The van der Waals surface area contributed by atoms with Crippen LogP contribution in [0.3, 0.4) is 0 Å². The maximum atomic E-state index is 12.8. The first-order valence-corrected chi connectivity index (χ1v) is 12.7. The predicted molar refractivity (Wildman–Crippen MR) is 131 cm³/mol. The third kappa shape index (κ3) is 5.25. The van der Waals surface area contributed by atoms with E-state index in [1.807, 2.05) is 17.0 Å². The van der Waals surface area contributed by atoms with Gasteiger partial charge in [-0.25, -0.2) is 0 Å². The smallest absolute Gasteiger partial charge is 0.254 e. The zero-order valence-electron chi connectivity index (χ0n) is 19.7. The van der Waals surface area contributed by atoms with E-state index in [4.69, 9.17) is 0 Å². The molecule has 3 heterocycles. The summed E-state index contributed by atoms with van der Waals surface area (Å²) in [6, 6.07) is 8.82. The number of hydrogen-bond donors (Lipinski definition) is 0. The number of rotatable bonds is 5. The fraction of sp³-hybridized carbons (Fsp3) is 0.615. The van der Waals surface area contributed by atoms with Gasteiger partial charge in [0.25, 0.3) is 5.91 Å². The molecule has 0 radical (unpaired) electrons. The summed E-state index contributed by atoms with van der Waals surface area (Å²) in [5.41, 5.74) is 1.92. The molecule has 1 aromatic carbocycles. The average molecular weight is 452 g/mol. The molecule has 2 saturated heterocycles. The van der Waals surface area contributed by atoms with Crippen molar-refractivity contribution < 1.29 is 9.59 Å². The quantitative estimate of drug-likeness (QED) is 0.640. The Morgan fingerprint density at radius 2 is 1.52 bits per heavy atom. The second-order valence-corrected chi connectivity index (χ2v) is 9.82. The molecular formula is C26H37N5O2. The summed E-state index contributed by atoms with van der Waals surface area (Å²) in [7, 11) is 0. The number of hydrogen-bond acceptors (Lipinski definition) is 5. The molecule has 3 fully saturated rings. The Bertz CT molecular complexity index is 850. The molecule has 5 rings (SSSR count). The molecule has 0 bridgehead atoms. The highest BCUT2D eigenvalue weighted by atomic mass is 16.2. The van der Waals surface area contributed by atoms with E-state index in [0.29, 0.717) is 13.1 Å². The Kier molecular flexibility index (Phi) is 6.97. The Balaban J connectivity index is 1.06. The lowest BCUT2D eigenvalue weighted by Gasteiger charge is -2.43. The molecule has 3 aliphatic heterocycles. The van der Waals surface area contributed by atoms with Crippen LogP contribution in [0.1, 0.15) is 36.0 Å². The van der Waals surface area contributed by atoms with Gasteiger partial charge in [-0.1, -0.05) is 18.6 Å². The summed E-state index contributed by atoms with van der Waals surface area (Å²) >= 11 is 0. The van der Waals surface area contributed by atoms with Gasteiger partial charge in [-0.05, 0) is 43.5 Å². The van der Waals surface area contributed by atoms with E-state index in [0.717, 1.165) is 82.6 Å². The molecule has 33 heavy (non-hydrogen) atoms. The summed E-state index contributed by atoms with van der Waals surface area (Å²) in [6.07, 6.45) is 9.19. The van der Waals surface area contributed by atoms with Crippen LogP contribution in [0.25, 0.3) is 0 Å². The predicted octanol–water partition coefficient (Wildman–Crippen LogP) is 1.91. The summed E-state index contributed by atoms with van der Waals surface area (Å²) in [5.74, 6) is 0.398. The lowest BCUT2D eigenvalue weighted by Crippen LogP contribution is -2.56. The highest BCUT2D eigenvalue weighted by Crippen LogP contribution is 2.25. The van der Waals surface area contributed by atoms with Crippen LogP contribution in [0.5, 0.6) is 0 Å². The van der Waals surface area contributed by atoms with E-state index >= 15 is 0 Å². The number of amides is 2. The Morgan fingerprint density at radius 1 is 0.788 bits per heavy atom. The van der Waals surface area contributed by atoms with Crippen molar-refractivity contribution in [3.8, 4) is 0 Å². The number of nitrogens with zero attached hydrogens (tertiary/aromatic N) is 5. The minimum Gasteiger partial charge on any atom is -0.369 e. The maximum Gasteiger partial charge on any atom is 0.254 e. The molecule has 1 aliphatic carbocycles. The molecule has 0 aromatic heterocycles. The number of carbonyl (C=O) groups excluding carboxylic acids is 2. The summed E-state index contributed by atoms with van der Waals surface area (Å²) in [4.78, 5) is 36.7. The number of benzene rings is 1. The van der Waals surface area contributed by atoms with Crippen LogP contribution in [-0.4, -0.2) is 109 Å². The minimum atomic E-state index is 0.114. The molecule has 0 spiro atoms. The van der Waals surface area contributed by atoms with E-state index in [-0.39, 0.29) is 11.8 Å². The highest BCUT2D eigenvalue weighted by molar-refractivity contribution is 5.94. The third-order valence-corrected chi connectivity index (χ3v) is 7.81. The van der Waals surface area contributed by atoms with Gasteiger partial charge in [0.05, 0.1) is 6.54 Å². The van der Waals surface area contributed by atoms with Crippen molar-refractivity contribution in [3.63, 3.8) is 0 Å². The van der Waals surface area contributed by atoms with Crippen LogP contribution in [0.4, 0.5) is 5.69 Å². The van der Waals surface area contributed by atoms with Gasteiger partial charge in [0.2, 0.25) is 5.91 Å². The van der Waals surface area contributed by atoms with Gasteiger partial charge in [-0.3, -0.25) is 19.4 Å². The first-order valence-electron chi connectivity index (χ1n) is 12.7. The van der Waals surface area contributed by atoms with Crippen molar-refractivity contribution in [1.82, 2.24) is 19.6 Å². The van der Waals surface area contributed by atoms with Crippen LogP contribution in [-0.2, 0) is 4.79 Å². The summed E-state index contributed by atoms with van der Waals surface area (Å²) in [6.45, 7) is 9.50. The van der Waals surface area contributed by atoms with Crippen LogP contribution >= 0.6 is 0 Å². The second kappa shape index (κ2) is 10.3. The Labute approximate surface area is 197 Å². The SMILES string of the molecule is O=C(CN1CCN(c2ccc(C(=O)N3CC=CCC3)cc2)CC1)N1CCN(C2CCC2)CC1. The summed E-state index contributed by atoms with van der Waals surface area (Å²) in [5, 5.41) is 0. The van der Waals surface area contributed by atoms with Crippen LogP contribution in [0, 0.1) is 0 Å². The van der Waals surface area contributed by atoms with E-state index in [2.05, 4.69) is 43.9 Å². The van der Waals surface area contributed by atoms with Gasteiger partial charge in [0.1, 0.15) is 0 Å². The van der Waals surface area contributed by atoms with Crippen LogP contribution in [0.2, 0.25) is 0 Å². The lowest BCUT2D eigenvalue weighted by atomic mass is 9.91. The van der Waals surface area contributed by atoms with Crippen LogP contribution < -0.4 is 4.90 Å². The second-order valence-electron chi connectivity index (χ2n) is 9.82. The number of piperazine rings is 2. The molecule has 0 unspecified atom stereocenters. The van der Waals surface area contributed by atoms with Crippen molar-refractivity contribution in [2.24, 2.45) is 0 Å². The van der Waals surface area contributed by atoms with Crippen molar-refractivity contribution in [2.75, 3.05) is 76.9 Å². The fourth-order valence-corrected chi connectivity index (χ4v) is 5.37. The average Bonchev–Trinajstić information content (AvgIpc) is 2.84. The number of anilines is 1. The molecule has 1 aromatic rings. The normalized spacial score (nSPS) is 23.0. The van der Waals surface area contributed by atoms with Crippen molar-refractivity contribution >= 4 is 17.5 Å². The molecule has 4 aliphatic rings. The first-order chi connectivity index (χ1) is 16.2. The van der Waals surface area contributed by atoms with Crippen molar-refractivity contribution in [1.29, 1.82) is 0 Å². The molecule has 7 nitrogen and oxygen atoms in total. The molecule has 1 saturated carbocycles. The first kappa shape index (κ1) is 22.4. The van der Waals surface area contributed by atoms with E-state index in [1.54, 1.807) is 0 Å². The van der Waals surface area contributed by atoms with Crippen LogP contribution in [0.15, 0.2) is 36.4 Å². The standard InChI is InChI=1S/C26H37N5O2/c32-25(30-19-17-29(18-20-30)23-5-4-6-23)21-27-13-15-28(16-14-27)24-9-7-22(8-10-24)26(33)31-11-2-1-3-12-31/h1-2,7-10,23H,3-6,11-21H2. The van der Waals surface area contributed by atoms with Gasteiger partial charge >= 0.3 is 0 Å². The van der Waals surface area contributed by atoms with Gasteiger partial charge in [0, 0.05) is 82.7 Å². The fourth-order valence-electron chi connectivity index (χ4n) is 5.37. The monoisotopic (exact) mass is 451 g/mol. The van der Waals surface area contributed by atoms with Gasteiger partial charge < -0.3 is 14.7 Å². The van der Waals surface area contributed by atoms with Crippen molar-refractivity contribution in [3.05, 3.63) is 42.0 Å². The number of carbonyl (C=O) groups is 2. The molecule has 0 atom stereocenters. The summed E-state index contributed by atoms with van der Waals surface area (Å²) < 4.78 is 0. The third-order valence-electron chi connectivity index (χ3n) is 7.81. The molecular weight excluding hydrogens is 414 g/mol. The maximum absolute atomic E-state index is 12.8. The Hall–Kier alpha value is -2.38. The molecule has 178 valence electrons. The zero-order valence-corrected chi connectivity index (χ0v) is 19.7. The lowest BCUT2D eigenvalue weighted by molar-refractivity contribution is -0.134. The zero-order chi connectivity index (χ0) is 22.6. The largest absolute Gasteiger partial charge is 0.369 e. The van der Waals surface area contributed by atoms with Gasteiger partial charge in [-0.15, -0.1) is 0 Å². The van der Waals surface area contributed by atoms with Crippen molar-refractivity contribution in [2.45, 2.75) is 31.7 Å². The minimum absolute atomic E-state index is 0.114. The van der Waals surface area contributed by atoms with Gasteiger partial charge in [0.15, 0.2) is 0 Å². The topological polar surface area (TPSA) is 50.3 Å².